The van der Waals surface area contributed by atoms with Gasteiger partial charge >= 0.3 is 0 Å². The number of ketones is 1. The lowest BCUT2D eigenvalue weighted by atomic mass is 10.0. The molecule has 4 heteroatoms. The molecule has 0 aliphatic rings. The Morgan fingerprint density at radius 1 is 0.677 bits per heavy atom. The zero-order valence-corrected chi connectivity index (χ0v) is 18.5. The van der Waals surface area contributed by atoms with Gasteiger partial charge in [-0.15, -0.1) is 0 Å². The number of hydrogen-bond donors (Lipinski definition) is 0. The lowest BCUT2D eigenvalue weighted by Crippen LogP contribution is -2.23. The fraction of sp³-hybridized carbons (Fsp3) is 0.0741. The fourth-order valence-electron chi connectivity index (χ4n) is 3.87. The van der Waals surface area contributed by atoms with Crippen LogP contribution < -0.4 is 10.6 Å². The van der Waals surface area contributed by atoms with Crippen LogP contribution in [0.1, 0.15) is 28.0 Å². The second-order valence-electron chi connectivity index (χ2n) is 7.39. The topological polar surface area (TPSA) is 34.1 Å². The third kappa shape index (κ3) is 4.56. The number of rotatable bonds is 7. The van der Waals surface area contributed by atoms with Gasteiger partial charge in [0.05, 0.1) is 5.66 Å². The third-order valence-corrected chi connectivity index (χ3v) is 9.19. The smallest absolute Gasteiger partial charge is 0.163 e. The van der Waals surface area contributed by atoms with Crippen LogP contribution in [0.4, 0.5) is 0 Å². The van der Waals surface area contributed by atoms with Gasteiger partial charge in [-0.05, 0) is 17.7 Å². The molecule has 0 fully saturated rings. The Labute approximate surface area is 187 Å². The molecule has 0 radical (unpaired) electrons. The quantitative estimate of drug-likeness (QED) is 0.236. The molecule has 0 heterocycles. The average Bonchev–Trinajstić information content (AvgIpc) is 2.84. The van der Waals surface area contributed by atoms with E-state index in [1.54, 1.807) is 24.3 Å². The summed E-state index contributed by atoms with van der Waals surface area (Å²) in [7, 11) is -3.21. The maximum atomic E-state index is 15.0. The standard InChI is InChI=1S/C27H22ClO2P/c28-23-18-16-22(17-19-23)27(20-26(29)21-10-4-1-5-11-21)31(30,24-12-6-2-7-13-24)25-14-8-3-9-15-25/h1-19,27H,20H2. The summed E-state index contributed by atoms with van der Waals surface area (Å²) in [5, 5.41) is 2.08. The SMILES string of the molecule is O=C(CC(c1ccc(Cl)cc1)P(=O)(c1ccccc1)c1ccccc1)c1ccccc1. The van der Waals surface area contributed by atoms with Gasteiger partial charge in [-0.3, -0.25) is 4.79 Å². The van der Waals surface area contributed by atoms with Crippen LogP contribution in [-0.4, -0.2) is 5.78 Å². The highest BCUT2D eigenvalue weighted by molar-refractivity contribution is 7.79. The van der Waals surface area contributed by atoms with Gasteiger partial charge in [0.1, 0.15) is 0 Å². The number of halogens is 1. The van der Waals surface area contributed by atoms with Crippen molar-refractivity contribution in [2.75, 3.05) is 0 Å². The fourth-order valence-corrected chi connectivity index (χ4v) is 7.26. The zero-order valence-electron chi connectivity index (χ0n) is 16.9. The Bertz CT molecular complexity index is 1150. The van der Waals surface area contributed by atoms with E-state index >= 15 is 0 Å². The maximum absolute atomic E-state index is 15.0. The van der Waals surface area contributed by atoms with Crippen LogP contribution in [-0.2, 0) is 4.57 Å². The summed E-state index contributed by atoms with van der Waals surface area (Å²) < 4.78 is 15.0. The molecule has 0 saturated carbocycles. The summed E-state index contributed by atoms with van der Waals surface area (Å²) in [6, 6.07) is 35.5. The molecule has 4 aromatic rings. The summed E-state index contributed by atoms with van der Waals surface area (Å²) in [5.41, 5.74) is 0.945. The van der Waals surface area contributed by atoms with Crippen molar-refractivity contribution in [1.29, 1.82) is 0 Å². The second-order valence-corrected chi connectivity index (χ2v) is 10.8. The highest BCUT2D eigenvalue weighted by Crippen LogP contribution is 2.59. The molecule has 0 N–H and O–H groups in total. The molecule has 0 spiro atoms. The highest BCUT2D eigenvalue weighted by Gasteiger charge is 2.39. The predicted molar refractivity (Wildman–Crippen MR) is 129 cm³/mol. The van der Waals surface area contributed by atoms with Gasteiger partial charge < -0.3 is 4.57 Å². The minimum atomic E-state index is -3.21. The molecular weight excluding hydrogens is 423 g/mol. The first-order valence-corrected chi connectivity index (χ1v) is 12.3. The van der Waals surface area contributed by atoms with Crippen LogP contribution in [0.5, 0.6) is 0 Å². The van der Waals surface area contributed by atoms with Crippen LogP contribution in [0.2, 0.25) is 5.02 Å². The minimum Gasteiger partial charge on any atom is -0.313 e. The van der Waals surface area contributed by atoms with Crippen LogP contribution in [0, 0.1) is 0 Å². The molecule has 4 aromatic carbocycles. The van der Waals surface area contributed by atoms with E-state index in [4.69, 9.17) is 11.6 Å². The van der Waals surface area contributed by atoms with Crippen molar-refractivity contribution in [1.82, 2.24) is 0 Å². The van der Waals surface area contributed by atoms with Crippen molar-refractivity contribution in [3.8, 4) is 0 Å². The Kier molecular flexibility index (Phi) is 6.51. The summed E-state index contributed by atoms with van der Waals surface area (Å²) in [6.07, 6.45) is 0.132. The first-order valence-electron chi connectivity index (χ1n) is 10.1. The molecule has 0 saturated heterocycles. The van der Waals surface area contributed by atoms with Crippen molar-refractivity contribution < 1.29 is 9.36 Å². The van der Waals surface area contributed by atoms with Gasteiger partial charge in [0, 0.05) is 27.6 Å². The Hall–Kier alpha value is -2.93. The summed E-state index contributed by atoms with van der Waals surface area (Å²) >= 11 is 6.13. The first-order chi connectivity index (χ1) is 15.1. The highest BCUT2D eigenvalue weighted by atomic mass is 35.5. The van der Waals surface area contributed by atoms with E-state index in [1.165, 1.54) is 0 Å². The number of Topliss-reactive ketones (excluding diaryl/α,β-unsaturated/α-hetero) is 1. The number of carbonyl (C=O) groups is 1. The Balaban J connectivity index is 1.89. The predicted octanol–water partition coefficient (Wildman–Crippen LogP) is 6.67. The molecule has 2 nitrogen and oxygen atoms in total. The van der Waals surface area contributed by atoms with E-state index < -0.39 is 12.8 Å². The number of hydrogen-bond acceptors (Lipinski definition) is 2. The van der Waals surface area contributed by atoms with Gasteiger partial charge in [0.2, 0.25) is 0 Å². The normalized spacial score (nSPS) is 12.3. The van der Waals surface area contributed by atoms with E-state index in [-0.39, 0.29) is 12.2 Å². The van der Waals surface area contributed by atoms with E-state index in [2.05, 4.69) is 0 Å². The summed E-state index contributed by atoms with van der Waals surface area (Å²) in [4.78, 5) is 13.3. The van der Waals surface area contributed by atoms with Gasteiger partial charge in [-0.1, -0.05) is 115 Å². The van der Waals surface area contributed by atoms with Crippen molar-refractivity contribution in [3.63, 3.8) is 0 Å². The molecule has 0 aromatic heterocycles. The van der Waals surface area contributed by atoms with E-state index in [1.807, 2.05) is 91.0 Å². The molecule has 0 amide bonds. The monoisotopic (exact) mass is 444 g/mol. The van der Waals surface area contributed by atoms with Crippen molar-refractivity contribution in [2.24, 2.45) is 0 Å². The lowest BCUT2D eigenvalue weighted by molar-refractivity contribution is 0.0981. The van der Waals surface area contributed by atoms with Crippen molar-refractivity contribution >= 4 is 35.1 Å². The second kappa shape index (κ2) is 9.47. The van der Waals surface area contributed by atoms with Crippen LogP contribution in [0.15, 0.2) is 115 Å². The molecule has 0 aliphatic carbocycles. The molecule has 1 unspecified atom stereocenters. The summed E-state index contributed by atoms with van der Waals surface area (Å²) in [6.45, 7) is 0. The molecule has 0 bridgehead atoms. The largest absolute Gasteiger partial charge is 0.313 e. The molecule has 1 atom stereocenters. The van der Waals surface area contributed by atoms with Gasteiger partial charge in [-0.2, -0.15) is 0 Å². The Morgan fingerprint density at radius 3 is 1.61 bits per heavy atom. The van der Waals surface area contributed by atoms with E-state index in [9.17, 15) is 9.36 Å². The first kappa shape index (κ1) is 21.3. The molecule has 154 valence electrons. The van der Waals surface area contributed by atoms with Crippen LogP contribution >= 0.6 is 18.7 Å². The van der Waals surface area contributed by atoms with Crippen LogP contribution in [0.25, 0.3) is 0 Å². The average molecular weight is 445 g/mol. The molecule has 4 rings (SSSR count). The molecule has 31 heavy (non-hydrogen) atoms. The zero-order chi connectivity index (χ0) is 21.7. The lowest BCUT2D eigenvalue weighted by Gasteiger charge is -2.29. The maximum Gasteiger partial charge on any atom is 0.163 e. The number of carbonyl (C=O) groups excluding carboxylic acids is 1. The van der Waals surface area contributed by atoms with E-state index in [0.717, 1.165) is 16.2 Å². The molecular formula is C27H22ClO2P. The van der Waals surface area contributed by atoms with E-state index in [0.29, 0.717) is 10.6 Å². The van der Waals surface area contributed by atoms with Gasteiger partial charge in [0.25, 0.3) is 0 Å². The third-order valence-electron chi connectivity index (χ3n) is 5.45. The van der Waals surface area contributed by atoms with Gasteiger partial charge in [0.15, 0.2) is 12.9 Å². The summed E-state index contributed by atoms with van der Waals surface area (Å²) in [5.74, 6) is -0.0346. The van der Waals surface area contributed by atoms with Gasteiger partial charge in [-0.25, -0.2) is 0 Å². The minimum absolute atomic E-state index is 0.0346. The Morgan fingerprint density at radius 2 is 1.13 bits per heavy atom. The van der Waals surface area contributed by atoms with Crippen molar-refractivity contribution in [3.05, 3.63) is 131 Å². The van der Waals surface area contributed by atoms with Crippen LogP contribution in [0.3, 0.4) is 0 Å². The molecule has 0 aliphatic heterocycles. The van der Waals surface area contributed by atoms with Crippen molar-refractivity contribution in [2.45, 2.75) is 12.1 Å². The number of benzene rings is 4.